The molecular formula is C12H15F2N3O2. The van der Waals surface area contributed by atoms with E-state index >= 15 is 0 Å². The molecule has 0 fully saturated rings. The molecule has 0 bridgehead atoms. The summed E-state index contributed by atoms with van der Waals surface area (Å²) in [5.41, 5.74) is 5.12. The molecule has 0 heterocycles. The maximum atomic E-state index is 13.4. The number of carbonyl (C=O) groups excluding carboxylic acids is 1. The van der Waals surface area contributed by atoms with E-state index in [1.54, 1.807) is 0 Å². The minimum atomic E-state index is -1.15. The molecule has 0 aliphatic rings. The summed E-state index contributed by atoms with van der Waals surface area (Å²) in [5, 5.41) is 13.6. The lowest BCUT2D eigenvalue weighted by Crippen LogP contribution is -2.34. The van der Waals surface area contributed by atoms with Crippen molar-refractivity contribution in [2.24, 2.45) is 16.8 Å². The van der Waals surface area contributed by atoms with Crippen molar-refractivity contribution in [1.82, 2.24) is 0 Å². The van der Waals surface area contributed by atoms with Gasteiger partial charge in [-0.15, -0.1) is 0 Å². The maximum absolute atomic E-state index is 13.4. The highest BCUT2D eigenvalue weighted by Crippen LogP contribution is 2.18. The van der Waals surface area contributed by atoms with Gasteiger partial charge >= 0.3 is 0 Å². The van der Waals surface area contributed by atoms with Gasteiger partial charge in [-0.05, 0) is 18.6 Å². The number of anilines is 1. The van der Waals surface area contributed by atoms with E-state index in [1.165, 1.54) is 12.1 Å². The molecule has 0 radical (unpaired) electrons. The second-order valence-electron chi connectivity index (χ2n) is 3.96. The first-order valence-electron chi connectivity index (χ1n) is 5.73. The molecule has 1 rings (SSSR count). The Kier molecular flexibility index (Phi) is 5.23. The van der Waals surface area contributed by atoms with Crippen LogP contribution in [0.1, 0.15) is 19.8 Å². The topological polar surface area (TPSA) is 87.7 Å². The lowest BCUT2D eigenvalue weighted by Gasteiger charge is -2.15. The zero-order chi connectivity index (χ0) is 14.4. The fourth-order valence-electron chi connectivity index (χ4n) is 1.59. The molecule has 1 unspecified atom stereocenters. The van der Waals surface area contributed by atoms with E-state index in [-0.39, 0.29) is 11.5 Å². The number of carbonyl (C=O) groups is 1. The molecule has 0 saturated carbocycles. The Hall–Kier alpha value is -2.18. The van der Waals surface area contributed by atoms with Crippen LogP contribution in [0.15, 0.2) is 23.4 Å². The molecule has 0 saturated heterocycles. The van der Waals surface area contributed by atoms with Crippen molar-refractivity contribution in [1.29, 1.82) is 0 Å². The monoisotopic (exact) mass is 271 g/mol. The summed E-state index contributed by atoms with van der Waals surface area (Å²) in [6, 6.07) is 3.44. The molecule has 0 aliphatic carbocycles. The second kappa shape index (κ2) is 6.67. The molecule has 1 aromatic carbocycles. The summed E-state index contributed by atoms with van der Waals surface area (Å²) in [5.74, 6) is -4.02. The predicted molar refractivity (Wildman–Crippen MR) is 66.8 cm³/mol. The van der Waals surface area contributed by atoms with Crippen LogP contribution in [0.5, 0.6) is 0 Å². The van der Waals surface area contributed by atoms with Crippen molar-refractivity contribution in [3.63, 3.8) is 0 Å². The smallest absolute Gasteiger partial charge is 0.235 e. The number of oxime groups is 1. The van der Waals surface area contributed by atoms with Crippen molar-refractivity contribution < 1.29 is 18.8 Å². The van der Waals surface area contributed by atoms with Crippen LogP contribution in [-0.4, -0.2) is 17.0 Å². The van der Waals surface area contributed by atoms with Gasteiger partial charge in [-0.2, -0.15) is 0 Å². The van der Waals surface area contributed by atoms with Crippen molar-refractivity contribution in [3.05, 3.63) is 29.8 Å². The van der Waals surface area contributed by atoms with Gasteiger partial charge in [-0.3, -0.25) is 4.79 Å². The summed E-state index contributed by atoms with van der Waals surface area (Å²) in [7, 11) is 0. The summed E-state index contributed by atoms with van der Waals surface area (Å²) in [6.07, 6.45) is 0.943. The Morgan fingerprint density at radius 2 is 2.21 bits per heavy atom. The lowest BCUT2D eigenvalue weighted by molar-refractivity contribution is -0.118. The van der Waals surface area contributed by atoms with Crippen LogP contribution in [0.4, 0.5) is 14.5 Å². The standard InChI is InChI=1S/C12H15F2N3O2/c1-2-4-7(11(15)17-19)12(18)16-9-6-3-5-8(13)10(9)14/h3,5-7,19H,2,4H2,1H3,(H2,15,17)(H,16,18). The van der Waals surface area contributed by atoms with Crippen molar-refractivity contribution in [2.75, 3.05) is 5.32 Å². The van der Waals surface area contributed by atoms with Crippen molar-refractivity contribution in [3.8, 4) is 0 Å². The summed E-state index contributed by atoms with van der Waals surface area (Å²) < 4.78 is 26.4. The fraction of sp³-hybridized carbons (Fsp3) is 0.333. The lowest BCUT2D eigenvalue weighted by atomic mass is 10.0. The number of nitrogens with zero attached hydrogens (tertiary/aromatic N) is 1. The number of hydrogen-bond donors (Lipinski definition) is 3. The van der Waals surface area contributed by atoms with E-state index in [1.807, 2.05) is 6.92 Å². The van der Waals surface area contributed by atoms with Gasteiger partial charge in [0.15, 0.2) is 17.5 Å². The van der Waals surface area contributed by atoms with E-state index < -0.39 is 23.5 Å². The van der Waals surface area contributed by atoms with Gasteiger partial charge in [0.05, 0.1) is 11.6 Å². The minimum Gasteiger partial charge on any atom is -0.409 e. The average Bonchev–Trinajstić information content (AvgIpc) is 2.40. The Morgan fingerprint density at radius 3 is 2.79 bits per heavy atom. The van der Waals surface area contributed by atoms with Gasteiger partial charge in [0, 0.05) is 0 Å². The third-order valence-electron chi connectivity index (χ3n) is 2.58. The Morgan fingerprint density at radius 1 is 1.53 bits per heavy atom. The Labute approximate surface area is 109 Å². The SMILES string of the molecule is CCCC(C(=O)Nc1cccc(F)c1F)C(N)=NO. The second-order valence-corrected chi connectivity index (χ2v) is 3.96. The molecule has 0 spiro atoms. The van der Waals surface area contributed by atoms with Crippen LogP contribution in [-0.2, 0) is 4.79 Å². The highest BCUT2D eigenvalue weighted by Gasteiger charge is 2.23. The zero-order valence-corrected chi connectivity index (χ0v) is 10.4. The van der Waals surface area contributed by atoms with Crippen LogP contribution in [0.2, 0.25) is 0 Å². The number of benzene rings is 1. The minimum absolute atomic E-state index is 0.267. The molecule has 0 aliphatic heterocycles. The van der Waals surface area contributed by atoms with Crippen LogP contribution in [0.25, 0.3) is 0 Å². The molecule has 0 aromatic heterocycles. The number of hydrogen-bond acceptors (Lipinski definition) is 3. The van der Waals surface area contributed by atoms with Crippen molar-refractivity contribution in [2.45, 2.75) is 19.8 Å². The number of rotatable bonds is 5. The molecule has 4 N–H and O–H groups in total. The molecule has 1 amide bonds. The molecule has 104 valence electrons. The van der Waals surface area contributed by atoms with Gasteiger partial charge in [-0.25, -0.2) is 8.78 Å². The first-order valence-corrected chi connectivity index (χ1v) is 5.73. The van der Waals surface area contributed by atoms with E-state index in [4.69, 9.17) is 10.9 Å². The highest BCUT2D eigenvalue weighted by molar-refractivity contribution is 6.07. The number of nitrogens with two attached hydrogens (primary N) is 1. The summed E-state index contributed by atoms with van der Waals surface area (Å²) in [6.45, 7) is 1.81. The Balaban J connectivity index is 2.90. The average molecular weight is 271 g/mol. The largest absolute Gasteiger partial charge is 0.409 e. The third kappa shape index (κ3) is 3.64. The first-order chi connectivity index (χ1) is 9.01. The summed E-state index contributed by atoms with van der Waals surface area (Å²) >= 11 is 0. The number of amides is 1. The molecule has 7 heteroatoms. The Bertz CT molecular complexity index is 492. The van der Waals surface area contributed by atoms with Gasteiger partial charge in [0.25, 0.3) is 0 Å². The van der Waals surface area contributed by atoms with Crippen molar-refractivity contribution >= 4 is 17.4 Å². The molecule has 1 aromatic rings. The van der Waals surface area contributed by atoms with E-state index in [9.17, 15) is 13.6 Å². The van der Waals surface area contributed by atoms with Crippen LogP contribution >= 0.6 is 0 Å². The first kappa shape index (κ1) is 14.9. The quantitative estimate of drug-likeness (QED) is 0.331. The van der Waals surface area contributed by atoms with Crippen LogP contribution in [0, 0.1) is 17.6 Å². The van der Waals surface area contributed by atoms with Crippen LogP contribution < -0.4 is 11.1 Å². The van der Waals surface area contributed by atoms with E-state index in [0.717, 1.165) is 6.07 Å². The van der Waals surface area contributed by atoms with Gasteiger partial charge in [0.1, 0.15) is 0 Å². The third-order valence-corrected chi connectivity index (χ3v) is 2.58. The van der Waals surface area contributed by atoms with E-state index in [2.05, 4.69) is 10.5 Å². The highest BCUT2D eigenvalue weighted by atomic mass is 19.2. The van der Waals surface area contributed by atoms with E-state index in [0.29, 0.717) is 12.8 Å². The maximum Gasteiger partial charge on any atom is 0.235 e. The molecule has 5 nitrogen and oxygen atoms in total. The van der Waals surface area contributed by atoms with Crippen LogP contribution in [0.3, 0.4) is 0 Å². The molecule has 19 heavy (non-hydrogen) atoms. The van der Waals surface area contributed by atoms with Gasteiger partial charge in [0.2, 0.25) is 5.91 Å². The molecular weight excluding hydrogens is 256 g/mol. The molecule has 1 atom stereocenters. The van der Waals surface area contributed by atoms with Gasteiger partial charge in [-0.1, -0.05) is 24.6 Å². The number of amidine groups is 1. The fourth-order valence-corrected chi connectivity index (χ4v) is 1.59. The number of nitrogens with one attached hydrogen (secondary N) is 1. The summed E-state index contributed by atoms with van der Waals surface area (Å²) in [4.78, 5) is 11.9. The zero-order valence-electron chi connectivity index (χ0n) is 10.4. The predicted octanol–water partition coefficient (Wildman–Crippen LogP) is 2.07. The number of halogens is 2. The normalized spacial score (nSPS) is 13.1. The van der Waals surface area contributed by atoms with Gasteiger partial charge < -0.3 is 16.3 Å².